The lowest BCUT2D eigenvalue weighted by molar-refractivity contribution is -0.138. The van der Waals surface area contributed by atoms with Gasteiger partial charge >= 0.3 is 12.0 Å². The summed E-state index contributed by atoms with van der Waals surface area (Å²) in [6.45, 7) is 6.86. The van der Waals surface area contributed by atoms with Crippen LogP contribution in [0.1, 0.15) is 40.0 Å². The third-order valence-corrected chi connectivity index (χ3v) is 3.98. The molecule has 2 unspecified atom stereocenters. The monoisotopic (exact) mass is 300 g/mol. The number of carboxylic acids is 1. The zero-order valence-corrected chi connectivity index (χ0v) is 13.5. The molecule has 0 aromatic carbocycles. The molecule has 0 radical (unpaired) electrons. The van der Waals surface area contributed by atoms with Crippen molar-refractivity contribution in [2.75, 3.05) is 26.7 Å². The number of carbonyl (C=O) groups is 2. The number of rotatable bonds is 5. The molecule has 6 heteroatoms. The number of amides is 2. The number of hydrogen-bond donors (Lipinski definition) is 2. The number of nitrogens with zero attached hydrogens (tertiary/aromatic N) is 2. The molecule has 0 aromatic heterocycles. The van der Waals surface area contributed by atoms with Crippen LogP contribution in [0, 0.1) is 11.8 Å². The first-order chi connectivity index (χ1) is 9.60. The highest BCUT2D eigenvalue weighted by Crippen LogP contribution is 2.26. The highest BCUT2D eigenvalue weighted by atomic mass is 16.4. The van der Waals surface area contributed by atoms with Crippen molar-refractivity contribution in [1.29, 1.82) is 0 Å². The molecule has 0 saturated carbocycles. The van der Waals surface area contributed by atoms with Crippen molar-refractivity contribution in [2.45, 2.75) is 45.6 Å². The zero-order valence-electron chi connectivity index (χ0n) is 13.5. The second-order valence-electron chi connectivity index (χ2n) is 6.87. The van der Waals surface area contributed by atoms with Gasteiger partial charge in [-0.1, -0.05) is 6.92 Å². The van der Waals surface area contributed by atoms with Gasteiger partial charge in [-0.3, -0.25) is 4.79 Å². The smallest absolute Gasteiger partial charge is 0.319 e. The van der Waals surface area contributed by atoms with Crippen molar-refractivity contribution in [3.63, 3.8) is 0 Å². The van der Waals surface area contributed by atoms with E-state index in [0.717, 1.165) is 12.8 Å². The minimum absolute atomic E-state index is 0.0673. The molecule has 0 aliphatic carbocycles. The van der Waals surface area contributed by atoms with Crippen molar-refractivity contribution < 1.29 is 19.8 Å². The first kappa shape index (κ1) is 17.8. The van der Waals surface area contributed by atoms with E-state index in [0.29, 0.717) is 13.1 Å². The van der Waals surface area contributed by atoms with E-state index in [4.69, 9.17) is 5.11 Å². The topological polar surface area (TPSA) is 81.1 Å². The number of piperidine rings is 1. The van der Waals surface area contributed by atoms with Crippen LogP contribution in [0.5, 0.6) is 0 Å². The summed E-state index contributed by atoms with van der Waals surface area (Å²) in [6, 6.07) is -0.0932. The molecule has 122 valence electrons. The van der Waals surface area contributed by atoms with Crippen LogP contribution < -0.4 is 0 Å². The van der Waals surface area contributed by atoms with E-state index in [1.54, 1.807) is 25.8 Å². The average molecular weight is 300 g/mol. The van der Waals surface area contributed by atoms with Gasteiger partial charge in [0.15, 0.2) is 0 Å². The molecule has 0 aromatic rings. The number of aliphatic hydroxyl groups is 1. The molecule has 1 rings (SSSR count). The fourth-order valence-electron chi connectivity index (χ4n) is 2.98. The van der Waals surface area contributed by atoms with Crippen LogP contribution in [-0.2, 0) is 4.79 Å². The Morgan fingerprint density at radius 3 is 2.57 bits per heavy atom. The van der Waals surface area contributed by atoms with Gasteiger partial charge in [0.2, 0.25) is 0 Å². The van der Waals surface area contributed by atoms with Crippen LogP contribution in [0.15, 0.2) is 0 Å². The quantitative estimate of drug-likeness (QED) is 0.808. The second-order valence-corrected chi connectivity index (χ2v) is 6.87. The summed E-state index contributed by atoms with van der Waals surface area (Å²) in [4.78, 5) is 26.5. The predicted molar refractivity (Wildman–Crippen MR) is 80.0 cm³/mol. The van der Waals surface area contributed by atoms with Gasteiger partial charge in [-0.05, 0) is 38.5 Å². The number of hydrogen-bond acceptors (Lipinski definition) is 3. The fraction of sp³-hybridized carbons (Fsp3) is 0.867. The Morgan fingerprint density at radius 1 is 1.43 bits per heavy atom. The Bertz CT molecular complexity index is 378. The molecular weight excluding hydrogens is 272 g/mol. The van der Waals surface area contributed by atoms with E-state index in [1.807, 2.05) is 6.92 Å². The van der Waals surface area contributed by atoms with Crippen LogP contribution in [0.2, 0.25) is 0 Å². The van der Waals surface area contributed by atoms with Gasteiger partial charge in [0.05, 0.1) is 12.1 Å². The third-order valence-electron chi connectivity index (χ3n) is 3.98. The number of carbonyl (C=O) groups excluding carboxylic acids is 1. The molecule has 0 spiro atoms. The van der Waals surface area contributed by atoms with Gasteiger partial charge < -0.3 is 20.0 Å². The van der Waals surface area contributed by atoms with Gasteiger partial charge in [0.25, 0.3) is 0 Å². The Morgan fingerprint density at radius 2 is 2.05 bits per heavy atom. The van der Waals surface area contributed by atoms with Crippen LogP contribution in [0.3, 0.4) is 0 Å². The highest BCUT2D eigenvalue weighted by molar-refractivity contribution is 5.74. The molecule has 2 atom stereocenters. The molecule has 1 aliphatic rings. The molecule has 1 aliphatic heterocycles. The largest absolute Gasteiger partial charge is 0.481 e. The number of likely N-dealkylation sites (N-methyl/N-ethyl adjacent to an activating group) is 1. The molecule has 1 saturated heterocycles. The van der Waals surface area contributed by atoms with Crippen LogP contribution in [0.4, 0.5) is 4.79 Å². The summed E-state index contributed by atoms with van der Waals surface area (Å²) < 4.78 is 0. The van der Waals surface area contributed by atoms with Gasteiger partial charge in [-0.25, -0.2) is 4.79 Å². The summed E-state index contributed by atoms with van der Waals surface area (Å²) in [5, 5.41) is 18.7. The minimum atomic E-state index is -0.920. The number of aliphatic carboxylic acids is 1. The first-order valence-corrected chi connectivity index (χ1v) is 7.54. The molecule has 6 nitrogen and oxygen atoms in total. The van der Waals surface area contributed by atoms with E-state index in [9.17, 15) is 14.7 Å². The predicted octanol–water partition coefficient (Wildman–Crippen LogP) is 1.63. The van der Waals surface area contributed by atoms with E-state index in [2.05, 4.69) is 0 Å². The van der Waals surface area contributed by atoms with Crippen molar-refractivity contribution in [1.82, 2.24) is 9.80 Å². The van der Waals surface area contributed by atoms with E-state index in [1.165, 1.54) is 4.90 Å². The first-order valence-electron chi connectivity index (χ1n) is 7.54. The summed E-state index contributed by atoms with van der Waals surface area (Å²) in [5.41, 5.74) is -0.920. The maximum absolute atomic E-state index is 12.4. The molecule has 21 heavy (non-hydrogen) atoms. The van der Waals surface area contributed by atoms with Crippen LogP contribution in [0.25, 0.3) is 0 Å². The van der Waals surface area contributed by atoms with Crippen molar-refractivity contribution in [3.05, 3.63) is 0 Å². The van der Waals surface area contributed by atoms with E-state index < -0.39 is 11.6 Å². The van der Waals surface area contributed by atoms with Gasteiger partial charge in [0.1, 0.15) is 0 Å². The Labute approximate surface area is 126 Å². The van der Waals surface area contributed by atoms with E-state index >= 15 is 0 Å². The van der Waals surface area contributed by atoms with Gasteiger partial charge in [0, 0.05) is 26.6 Å². The Balaban J connectivity index is 2.59. The molecule has 2 amide bonds. The summed E-state index contributed by atoms with van der Waals surface area (Å²) in [5.74, 6) is -0.489. The number of urea groups is 1. The lowest BCUT2D eigenvalue weighted by Crippen LogP contribution is -2.50. The maximum atomic E-state index is 12.4. The molecular formula is C15H28N2O4. The van der Waals surface area contributed by atoms with Crippen LogP contribution in [-0.4, -0.2) is 64.3 Å². The summed E-state index contributed by atoms with van der Waals surface area (Å²) in [7, 11) is 1.69. The Hall–Kier alpha value is -1.30. The molecule has 0 bridgehead atoms. The maximum Gasteiger partial charge on any atom is 0.319 e. The SMILES string of the molecule is CC(CC(=O)O)C1CCCN(C(=O)N(C)CC(C)(C)O)C1. The lowest BCUT2D eigenvalue weighted by atomic mass is 9.85. The molecule has 2 N–H and O–H groups in total. The fourth-order valence-corrected chi connectivity index (χ4v) is 2.98. The molecule has 1 fully saturated rings. The molecule has 1 heterocycles. The normalized spacial score (nSPS) is 21.0. The van der Waals surface area contributed by atoms with Gasteiger partial charge in [-0.2, -0.15) is 0 Å². The summed E-state index contributed by atoms with van der Waals surface area (Å²) in [6.07, 6.45) is 2.01. The number of likely N-dealkylation sites (tertiary alicyclic amines) is 1. The van der Waals surface area contributed by atoms with Crippen LogP contribution >= 0.6 is 0 Å². The van der Waals surface area contributed by atoms with Crippen molar-refractivity contribution in [2.24, 2.45) is 11.8 Å². The standard InChI is InChI=1S/C15H28N2O4/c1-11(8-13(18)19)12-6-5-7-17(9-12)14(20)16(4)10-15(2,3)21/h11-12,21H,5-10H2,1-4H3,(H,18,19). The second kappa shape index (κ2) is 7.11. The third kappa shape index (κ3) is 5.91. The highest BCUT2D eigenvalue weighted by Gasteiger charge is 2.30. The van der Waals surface area contributed by atoms with Gasteiger partial charge in [-0.15, -0.1) is 0 Å². The minimum Gasteiger partial charge on any atom is -0.481 e. The van der Waals surface area contributed by atoms with Crippen molar-refractivity contribution in [3.8, 4) is 0 Å². The zero-order chi connectivity index (χ0) is 16.2. The van der Waals surface area contributed by atoms with Crippen molar-refractivity contribution >= 4 is 12.0 Å². The average Bonchev–Trinajstić information content (AvgIpc) is 2.35. The lowest BCUT2D eigenvalue weighted by Gasteiger charge is -2.38. The Kier molecular flexibility index (Phi) is 6.01. The summed E-state index contributed by atoms with van der Waals surface area (Å²) >= 11 is 0. The van der Waals surface area contributed by atoms with E-state index in [-0.39, 0.29) is 30.8 Å². The number of carboxylic acid groups (broad SMARTS) is 1.